The van der Waals surface area contributed by atoms with Gasteiger partial charge < -0.3 is 20.3 Å². The van der Waals surface area contributed by atoms with Gasteiger partial charge in [0.2, 0.25) is 5.91 Å². The maximum atomic E-state index is 14.2. The highest BCUT2D eigenvalue weighted by molar-refractivity contribution is 5.95. The second-order valence-corrected chi connectivity index (χ2v) is 10.7. The first-order valence-electron chi connectivity index (χ1n) is 14.4. The molecule has 6 heteroatoms. The third-order valence-corrected chi connectivity index (χ3v) is 8.08. The van der Waals surface area contributed by atoms with Crippen molar-refractivity contribution in [2.45, 2.75) is 37.1 Å². The summed E-state index contributed by atoms with van der Waals surface area (Å²) in [7, 11) is 1.61. The molecule has 0 spiro atoms. The summed E-state index contributed by atoms with van der Waals surface area (Å²) in [5.74, 6) is -0.209. The second kappa shape index (κ2) is 14.1. The number of ether oxygens (including phenoxy) is 1. The fraction of sp³-hybridized carbons (Fsp3) is 0.250. The molecule has 0 unspecified atom stereocenters. The molecule has 216 valence electrons. The van der Waals surface area contributed by atoms with Crippen LogP contribution in [0, 0.1) is 5.92 Å². The average Bonchev–Trinajstić information content (AvgIpc) is 3.04. The van der Waals surface area contributed by atoms with Crippen LogP contribution in [0.4, 0.5) is 5.69 Å². The van der Waals surface area contributed by atoms with Crippen molar-refractivity contribution >= 4 is 11.6 Å². The third kappa shape index (κ3) is 6.97. The Morgan fingerprint density at radius 1 is 0.833 bits per heavy atom. The zero-order chi connectivity index (χ0) is 29.3. The fourth-order valence-corrected chi connectivity index (χ4v) is 5.83. The smallest absolute Gasteiger partial charge is 0.242 e. The largest absolute Gasteiger partial charge is 0.497 e. The Bertz CT molecular complexity index is 1430. The maximum Gasteiger partial charge on any atom is 0.242 e. The highest BCUT2D eigenvalue weighted by Crippen LogP contribution is 2.36. The molecular formula is C36H38N2O4. The summed E-state index contributed by atoms with van der Waals surface area (Å²) in [6.07, 6.45) is 3.71. The van der Waals surface area contributed by atoms with E-state index in [1.165, 1.54) is 0 Å². The van der Waals surface area contributed by atoms with Gasteiger partial charge >= 0.3 is 0 Å². The second-order valence-electron chi connectivity index (χ2n) is 10.7. The van der Waals surface area contributed by atoms with Crippen LogP contribution in [0.2, 0.25) is 0 Å². The normalized spacial score (nSPS) is 20.7. The number of rotatable bonds is 11. The first-order chi connectivity index (χ1) is 20.6. The topological polar surface area (TPSA) is 82.0 Å². The number of benzene rings is 4. The van der Waals surface area contributed by atoms with Gasteiger partial charge in [-0.2, -0.15) is 0 Å². The molecule has 0 fully saturated rings. The van der Waals surface area contributed by atoms with Gasteiger partial charge in [0, 0.05) is 30.1 Å². The van der Waals surface area contributed by atoms with Crippen molar-refractivity contribution in [1.29, 1.82) is 0 Å². The highest BCUT2D eigenvalue weighted by atomic mass is 16.5. The van der Waals surface area contributed by atoms with E-state index >= 15 is 0 Å². The first kappa shape index (κ1) is 29.3. The molecule has 5 rings (SSSR count). The van der Waals surface area contributed by atoms with Crippen LogP contribution >= 0.6 is 0 Å². The minimum atomic E-state index is -0.826. The molecule has 4 aromatic carbocycles. The van der Waals surface area contributed by atoms with Crippen LogP contribution in [-0.4, -0.2) is 52.9 Å². The minimum Gasteiger partial charge on any atom is -0.497 e. The van der Waals surface area contributed by atoms with E-state index in [0.717, 1.165) is 16.7 Å². The number of anilines is 1. The van der Waals surface area contributed by atoms with Gasteiger partial charge in [-0.1, -0.05) is 103 Å². The Labute approximate surface area is 247 Å². The predicted molar refractivity (Wildman–Crippen MR) is 166 cm³/mol. The summed E-state index contributed by atoms with van der Waals surface area (Å²) < 4.78 is 5.28. The van der Waals surface area contributed by atoms with Crippen molar-refractivity contribution in [3.8, 4) is 5.75 Å². The van der Waals surface area contributed by atoms with Crippen LogP contribution < -0.4 is 10.1 Å². The molecule has 4 aromatic rings. The van der Waals surface area contributed by atoms with E-state index in [1.807, 2.05) is 121 Å². The number of nitrogens with zero attached hydrogens (tertiary/aromatic N) is 1. The summed E-state index contributed by atoms with van der Waals surface area (Å²) in [6.45, 7) is 0.242. The molecule has 6 nitrogen and oxygen atoms in total. The Kier molecular flexibility index (Phi) is 9.82. The van der Waals surface area contributed by atoms with Crippen molar-refractivity contribution in [3.63, 3.8) is 0 Å². The van der Waals surface area contributed by atoms with Crippen molar-refractivity contribution in [3.05, 3.63) is 144 Å². The molecule has 1 aliphatic rings. The maximum absolute atomic E-state index is 14.2. The number of aliphatic hydroxyl groups excluding tert-OH is 2. The first-order valence-corrected chi connectivity index (χ1v) is 14.4. The Morgan fingerprint density at radius 2 is 1.43 bits per heavy atom. The van der Waals surface area contributed by atoms with Gasteiger partial charge in [0.1, 0.15) is 5.75 Å². The average molecular weight is 563 g/mol. The van der Waals surface area contributed by atoms with Crippen molar-refractivity contribution < 1.29 is 19.7 Å². The number of carbonyl (C=O) groups excluding carboxylic acids is 1. The molecule has 42 heavy (non-hydrogen) atoms. The van der Waals surface area contributed by atoms with Gasteiger partial charge in [0.15, 0.2) is 0 Å². The molecular weight excluding hydrogens is 524 g/mol. The lowest BCUT2D eigenvalue weighted by molar-refractivity contribution is -0.123. The SMILES string of the molecule is COc1ccc(NC(=O)[C@@H](Cc2ccccc2)N(Cc2ccccc2)[C@@H]2C=C[C@H](c3ccccc3)[C@H](O)[C@H]2CO)cc1. The molecule has 0 heterocycles. The summed E-state index contributed by atoms with van der Waals surface area (Å²) in [4.78, 5) is 16.3. The Morgan fingerprint density at radius 3 is 2.02 bits per heavy atom. The number of amides is 1. The monoisotopic (exact) mass is 562 g/mol. The van der Waals surface area contributed by atoms with E-state index in [0.29, 0.717) is 24.4 Å². The Hall–Kier alpha value is -4.23. The van der Waals surface area contributed by atoms with E-state index in [4.69, 9.17) is 4.74 Å². The third-order valence-electron chi connectivity index (χ3n) is 8.08. The van der Waals surface area contributed by atoms with E-state index in [1.54, 1.807) is 7.11 Å². The molecule has 3 N–H and O–H groups in total. The van der Waals surface area contributed by atoms with Crippen LogP contribution in [0.15, 0.2) is 127 Å². The van der Waals surface area contributed by atoms with Crippen molar-refractivity contribution in [1.82, 2.24) is 4.90 Å². The number of carbonyl (C=O) groups is 1. The van der Waals surface area contributed by atoms with Crippen molar-refractivity contribution in [2.75, 3.05) is 19.0 Å². The molecule has 5 atom stereocenters. The minimum absolute atomic E-state index is 0.162. The zero-order valence-electron chi connectivity index (χ0n) is 23.8. The summed E-state index contributed by atoms with van der Waals surface area (Å²) in [6, 6.07) is 36.1. The standard InChI is InChI=1S/C36H38N2O4/c1-42-30-19-17-29(18-20-30)37-36(41)34(23-26-11-5-2-6-12-26)38(24-27-13-7-3-8-14-27)33-22-21-31(35(40)32(33)25-39)28-15-9-4-10-16-28/h2-22,31-35,39-40H,23-25H2,1H3,(H,37,41)/t31-,32+,33-,34-,35+/m1/s1. The van der Waals surface area contributed by atoms with Crippen LogP contribution in [0.3, 0.4) is 0 Å². The van der Waals surface area contributed by atoms with Gasteiger partial charge in [-0.15, -0.1) is 0 Å². The molecule has 0 saturated heterocycles. The lowest BCUT2D eigenvalue weighted by atomic mass is 9.76. The number of hydrogen-bond donors (Lipinski definition) is 3. The Balaban J connectivity index is 1.54. The number of aliphatic hydroxyl groups is 2. The lowest BCUT2D eigenvalue weighted by Gasteiger charge is -2.44. The molecule has 0 aliphatic heterocycles. The van der Waals surface area contributed by atoms with Gasteiger partial charge in [-0.25, -0.2) is 0 Å². The van der Waals surface area contributed by atoms with Crippen LogP contribution in [0.5, 0.6) is 5.75 Å². The van der Waals surface area contributed by atoms with Crippen LogP contribution in [0.1, 0.15) is 22.6 Å². The molecule has 0 aromatic heterocycles. The molecule has 0 bridgehead atoms. The quantitative estimate of drug-likeness (QED) is 0.212. The van der Waals surface area contributed by atoms with Crippen LogP contribution in [0.25, 0.3) is 0 Å². The summed E-state index contributed by atoms with van der Waals surface area (Å²) in [5, 5.41) is 25.4. The number of methoxy groups -OCH3 is 1. The van der Waals surface area contributed by atoms with Gasteiger partial charge in [0.25, 0.3) is 0 Å². The van der Waals surface area contributed by atoms with Crippen LogP contribution in [-0.2, 0) is 17.8 Å². The van der Waals surface area contributed by atoms with Gasteiger partial charge in [-0.05, 0) is 47.4 Å². The number of nitrogens with one attached hydrogen (secondary N) is 1. The van der Waals surface area contributed by atoms with E-state index in [2.05, 4.69) is 16.3 Å². The molecule has 1 amide bonds. The molecule has 0 saturated carbocycles. The molecule has 1 aliphatic carbocycles. The van der Waals surface area contributed by atoms with E-state index in [-0.39, 0.29) is 24.5 Å². The lowest BCUT2D eigenvalue weighted by Crippen LogP contribution is -2.56. The van der Waals surface area contributed by atoms with E-state index < -0.39 is 18.1 Å². The zero-order valence-corrected chi connectivity index (χ0v) is 23.8. The van der Waals surface area contributed by atoms with Crippen molar-refractivity contribution in [2.24, 2.45) is 5.92 Å². The van der Waals surface area contributed by atoms with E-state index in [9.17, 15) is 15.0 Å². The summed E-state index contributed by atoms with van der Waals surface area (Å²) >= 11 is 0. The number of hydrogen-bond acceptors (Lipinski definition) is 5. The predicted octanol–water partition coefficient (Wildman–Crippen LogP) is 5.44. The molecule has 0 radical (unpaired) electrons. The summed E-state index contributed by atoms with van der Waals surface area (Å²) in [5.41, 5.74) is 3.72. The van der Waals surface area contributed by atoms with Gasteiger partial charge in [0.05, 0.1) is 25.9 Å². The highest BCUT2D eigenvalue weighted by Gasteiger charge is 2.42. The fourth-order valence-electron chi connectivity index (χ4n) is 5.83. The van der Waals surface area contributed by atoms with Gasteiger partial charge in [-0.3, -0.25) is 9.69 Å².